The summed E-state index contributed by atoms with van der Waals surface area (Å²) in [6.07, 6.45) is 4.18. The first kappa shape index (κ1) is 16.1. The van der Waals surface area contributed by atoms with Crippen LogP contribution in [-0.2, 0) is 0 Å². The molecule has 1 N–H and O–H groups in total. The minimum Gasteiger partial charge on any atom is -0.310 e. The molecule has 108 valence electrons. The van der Waals surface area contributed by atoms with Crippen molar-refractivity contribution in [3.63, 3.8) is 0 Å². The van der Waals surface area contributed by atoms with Crippen LogP contribution in [0, 0.1) is 17.6 Å². The molecule has 1 aromatic rings. The second kappa shape index (κ2) is 8.26. The van der Waals surface area contributed by atoms with Crippen molar-refractivity contribution in [3.8, 4) is 0 Å². The molecule has 0 aliphatic carbocycles. The van der Waals surface area contributed by atoms with E-state index in [2.05, 4.69) is 19.2 Å². The van der Waals surface area contributed by atoms with E-state index in [1.54, 1.807) is 12.1 Å². The SMILES string of the molecule is CCCC(CCC)C(NCC)c1cccc(F)c1F. The van der Waals surface area contributed by atoms with Gasteiger partial charge in [-0.1, -0.05) is 45.7 Å². The highest BCUT2D eigenvalue weighted by Crippen LogP contribution is 2.31. The van der Waals surface area contributed by atoms with Gasteiger partial charge >= 0.3 is 0 Å². The average Bonchev–Trinajstić information content (AvgIpc) is 2.40. The Morgan fingerprint density at radius 2 is 1.68 bits per heavy atom. The average molecular weight is 269 g/mol. The van der Waals surface area contributed by atoms with Crippen LogP contribution in [0.2, 0.25) is 0 Å². The molecule has 0 aliphatic rings. The number of hydrogen-bond acceptors (Lipinski definition) is 1. The zero-order chi connectivity index (χ0) is 14.3. The minimum absolute atomic E-state index is 0.0967. The van der Waals surface area contributed by atoms with Gasteiger partial charge in [0.05, 0.1) is 0 Å². The Balaban J connectivity index is 3.06. The minimum atomic E-state index is -0.757. The molecule has 0 heterocycles. The van der Waals surface area contributed by atoms with Crippen molar-refractivity contribution in [1.29, 1.82) is 0 Å². The van der Waals surface area contributed by atoms with Crippen LogP contribution >= 0.6 is 0 Å². The van der Waals surface area contributed by atoms with E-state index in [4.69, 9.17) is 0 Å². The summed E-state index contributed by atoms with van der Waals surface area (Å²) < 4.78 is 27.4. The molecule has 0 amide bonds. The van der Waals surface area contributed by atoms with Gasteiger partial charge in [-0.15, -0.1) is 0 Å². The second-order valence-corrected chi connectivity index (χ2v) is 5.02. The summed E-state index contributed by atoms with van der Waals surface area (Å²) >= 11 is 0. The van der Waals surface area contributed by atoms with Crippen molar-refractivity contribution in [2.24, 2.45) is 5.92 Å². The molecular weight excluding hydrogens is 244 g/mol. The fraction of sp³-hybridized carbons (Fsp3) is 0.625. The maximum atomic E-state index is 14.0. The van der Waals surface area contributed by atoms with Crippen molar-refractivity contribution in [3.05, 3.63) is 35.4 Å². The Labute approximate surface area is 115 Å². The van der Waals surface area contributed by atoms with Gasteiger partial charge in [0, 0.05) is 11.6 Å². The molecule has 3 heteroatoms. The zero-order valence-electron chi connectivity index (χ0n) is 12.2. The van der Waals surface area contributed by atoms with E-state index in [0.717, 1.165) is 32.2 Å². The summed E-state index contributed by atoms with van der Waals surface area (Å²) in [5, 5.41) is 3.33. The summed E-state index contributed by atoms with van der Waals surface area (Å²) in [5.74, 6) is -1.11. The van der Waals surface area contributed by atoms with Crippen LogP contribution in [0.4, 0.5) is 8.78 Å². The van der Waals surface area contributed by atoms with Gasteiger partial charge in [0.1, 0.15) is 0 Å². The monoisotopic (exact) mass is 269 g/mol. The highest BCUT2D eigenvalue weighted by Gasteiger charge is 2.24. The quantitative estimate of drug-likeness (QED) is 0.712. The summed E-state index contributed by atoms with van der Waals surface area (Å²) in [5.41, 5.74) is 0.466. The molecule has 0 radical (unpaired) electrons. The molecule has 0 bridgehead atoms. The molecule has 19 heavy (non-hydrogen) atoms. The zero-order valence-corrected chi connectivity index (χ0v) is 12.2. The lowest BCUT2D eigenvalue weighted by molar-refractivity contribution is 0.310. The number of halogens is 2. The largest absolute Gasteiger partial charge is 0.310 e. The van der Waals surface area contributed by atoms with Crippen LogP contribution in [-0.4, -0.2) is 6.54 Å². The van der Waals surface area contributed by atoms with Gasteiger partial charge in [-0.05, 0) is 31.4 Å². The second-order valence-electron chi connectivity index (χ2n) is 5.02. The van der Waals surface area contributed by atoms with Crippen molar-refractivity contribution >= 4 is 0 Å². The Kier molecular flexibility index (Phi) is 7.00. The fourth-order valence-corrected chi connectivity index (χ4v) is 2.73. The topological polar surface area (TPSA) is 12.0 Å². The molecule has 1 atom stereocenters. The van der Waals surface area contributed by atoms with E-state index in [1.165, 1.54) is 6.07 Å². The first-order valence-electron chi connectivity index (χ1n) is 7.32. The molecule has 1 unspecified atom stereocenters. The Morgan fingerprint density at radius 1 is 1.05 bits per heavy atom. The third-order valence-electron chi connectivity index (χ3n) is 3.53. The van der Waals surface area contributed by atoms with Crippen LogP contribution in [0.3, 0.4) is 0 Å². The van der Waals surface area contributed by atoms with E-state index in [0.29, 0.717) is 11.5 Å². The Morgan fingerprint density at radius 3 is 2.21 bits per heavy atom. The third kappa shape index (κ3) is 4.27. The molecule has 0 saturated carbocycles. The van der Waals surface area contributed by atoms with Crippen molar-refractivity contribution < 1.29 is 8.78 Å². The Bertz CT molecular complexity index is 373. The van der Waals surface area contributed by atoms with Gasteiger partial charge < -0.3 is 5.32 Å². The van der Waals surface area contributed by atoms with Gasteiger partial charge in [0.2, 0.25) is 0 Å². The number of nitrogens with one attached hydrogen (secondary N) is 1. The van der Waals surface area contributed by atoms with Crippen molar-refractivity contribution in [2.75, 3.05) is 6.54 Å². The smallest absolute Gasteiger partial charge is 0.163 e. The van der Waals surface area contributed by atoms with Crippen LogP contribution in [0.25, 0.3) is 0 Å². The summed E-state index contributed by atoms with van der Waals surface area (Å²) in [4.78, 5) is 0. The molecule has 0 aromatic heterocycles. The number of rotatable bonds is 8. The highest BCUT2D eigenvalue weighted by atomic mass is 19.2. The Hall–Kier alpha value is -0.960. The van der Waals surface area contributed by atoms with Crippen LogP contribution < -0.4 is 5.32 Å². The molecular formula is C16H25F2N. The lowest BCUT2D eigenvalue weighted by Crippen LogP contribution is -2.29. The molecule has 1 aromatic carbocycles. The molecule has 0 saturated heterocycles. The van der Waals surface area contributed by atoms with E-state index in [9.17, 15) is 8.78 Å². The molecule has 0 fully saturated rings. The first-order chi connectivity index (χ1) is 9.15. The van der Waals surface area contributed by atoms with Gasteiger partial charge in [-0.25, -0.2) is 8.78 Å². The highest BCUT2D eigenvalue weighted by molar-refractivity contribution is 5.23. The molecule has 1 rings (SSSR count). The number of benzene rings is 1. The molecule has 0 spiro atoms. The van der Waals surface area contributed by atoms with Crippen LogP contribution in [0.15, 0.2) is 18.2 Å². The standard InChI is InChI=1S/C16H25F2N/c1-4-8-12(9-5-2)16(19-6-3)13-10-7-11-14(17)15(13)18/h7,10-12,16,19H,4-6,8-9H2,1-3H3. The normalized spacial score (nSPS) is 12.9. The van der Waals surface area contributed by atoms with Crippen LogP contribution in [0.5, 0.6) is 0 Å². The van der Waals surface area contributed by atoms with Gasteiger partial charge in [-0.3, -0.25) is 0 Å². The predicted octanol–water partition coefficient (Wildman–Crippen LogP) is 4.83. The van der Waals surface area contributed by atoms with E-state index in [-0.39, 0.29) is 6.04 Å². The van der Waals surface area contributed by atoms with Crippen molar-refractivity contribution in [2.45, 2.75) is 52.5 Å². The fourth-order valence-electron chi connectivity index (χ4n) is 2.73. The van der Waals surface area contributed by atoms with Crippen LogP contribution in [0.1, 0.15) is 58.1 Å². The first-order valence-corrected chi connectivity index (χ1v) is 7.32. The van der Waals surface area contributed by atoms with Gasteiger partial charge in [-0.2, -0.15) is 0 Å². The van der Waals surface area contributed by atoms with E-state index < -0.39 is 11.6 Å². The molecule has 1 nitrogen and oxygen atoms in total. The van der Waals surface area contributed by atoms with E-state index >= 15 is 0 Å². The summed E-state index contributed by atoms with van der Waals surface area (Å²) in [6.45, 7) is 7.02. The predicted molar refractivity (Wildman–Crippen MR) is 76.1 cm³/mol. The maximum Gasteiger partial charge on any atom is 0.163 e. The molecule has 0 aliphatic heterocycles. The summed E-state index contributed by atoms with van der Waals surface area (Å²) in [7, 11) is 0. The van der Waals surface area contributed by atoms with Gasteiger partial charge in [0.25, 0.3) is 0 Å². The number of hydrogen-bond donors (Lipinski definition) is 1. The lowest BCUT2D eigenvalue weighted by Gasteiger charge is -2.28. The summed E-state index contributed by atoms with van der Waals surface area (Å²) in [6, 6.07) is 4.37. The van der Waals surface area contributed by atoms with Gasteiger partial charge in [0.15, 0.2) is 11.6 Å². The maximum absolute atomic E-state index is 14.0. The van der Waals surface area contributed by atoms with Crippen molar-refractivity contribution in [1.82, 2.24) is 5.32 Å². The van der Waals surface area contributed by atoms with E-state index in [1.807, 2.05) is 6.92 Å². The lowest BCUT2D eigenvalue weighted by atomic mass is 9.86. The third-order valence-corrected chi connectivity index (χ3v) is 3.53.